The van der Waals surface area contributed by atoms with Gasteiger partial charge in [0.25, 0.3) is 0 Å². The van der Waals surface area contributed by atoms with Crippen molar-refractivity contribution >= 4 is 16.3 Å². The molecule has 2 atom stereocenters. The molecular formula is C14H21N3OS. The van der Waals surface area contributed by atoms with Crippen molar-refractivity contribution in [1.82, 2.24) is 14.7 Å². The molecule has 2 aromatic rings. The molecule has 0 radical (unpaired) electrons. The number of thiazole rings is 1. The summed E-state index contributed by atoms with van der Waals surface area (Å²) in [5.41, 5.74) is 2.41. The molecule has 3 heterocycles. The molecule has 1 aliphatic rings. The number of nitrogens with zero attached hydrogens (tertiary/aromatic N) is 2. The second kappa shape index (κ2) is 5.61. The Kier molecular flexibility index (Phi) is 3.86. The molecule has 1 aliphatic heterocycles. The van der Waals surface area contributed by atoms with E-state index in [1.807, 2.05) is 0 Å². The summed E-state index contributed by atoms with van der Waals surface area (Å²) >= 11 is 1.69. The highest BCUT2D eigenvalue weighted by Crippen LogP contribution is 2.23. The lowest BCUT2D eigenvalue weighted by Gasteiger charge is -2.17. The van der Waals surface area contributed by atoms with Crippen molar-refractivity contribution in [1.29, 1.82) is 0 Å². The first-order valence-electron chi connectivity index (χ1n) is 7.03. The van der Waals surface area contributed by atoms with Crippen LogP contribution in [0.15, 0.2) is 11.6 Å². The van der Waals surface area contributed by atoms with E-state index in [1.165, 1.54) is 12.1 Å². The van der Waals surface area contributed by atoms with Gasteiger partial charge in [0, 0.05) is 31.3 Å². The van der Waals surface area contributed by atoms with E-state index in [0.717, 1.165) is 36.8 Å². The fourth-order valence-corrected chi connectivity index (χ4v) is 3.69. The molecule has 1 fully saturated rings. The molecule has 0 bridgehead atoms. The smallest absolute Gasteiger partial charge is 0.194 e. The Hall–Kier alpha value is -0.910. The number of hydrogen-bond acceptors (Lipinski definition) is 4. The van der Waals surface area contributed by atoms with Crippen molar-refractivity contribution in [3.05, 3.63) is 23.0 Å². The van der Waals surface area contributed by atoms with Crippen LogP contribution in [-0.4, -0.2) is 28.6 Å². The van der Waals surface area contributed by atoms with Crippen LogP contribution in [0, 0.1) is 12.8 Å². The van der Waals surface area contributed by atoms with Crippen molar-refractivity contribution in [3.8, 4) is 0 Å². The van der Waals surface area contributed by atoms with Crippen LogP contribution in [0.5, 0.6) is 0 Å². The van der Waals surface area contributed by atoms with Crippen molar-refractivity contribution in [2.45, 2.75) is 39.3 Å². The molecule has 0 saturated carbocycles. The SMILES string of the molecule is CCC1OCCC1CNCc1c(C)nc2sccn12. The Morgan fingerprint density at radius 1 is 1.58 bits per heavy atom. The summed E-state index contributed by atoms with van der Waals surface area (Å²) in [6.45, 7) is 7.14. The zero-order valence-corrected chi connectivity index (χ0v) is 12.4. The third-order valence-corrected chi connectivity index (χ3v) is 4.77. The van der Waals surface area contributed by atoms with Gasteiger partial charge in [-0.15, -0.1) is 11.3 Å². The summed E-state index contributed by atoms with van der Waals surface area (Å²) in [5.74, 6) is 0.663. The van der Waals surface area contributed by atoms with Gasteiger partial charge in [0.15, 0.2) is 4.96 Å². The quantitative estimate of drug-likeness (QED) is 0.914. The van der Waals surface area contributed by atoms with E-state index in [0.29, 0.717) is 12.0 Å². The van der Waals surface area contributed by atoms with E-state index in [2.05, 4.69) is 40.1 Å². The van der Waals surface area contributed by atoms with Gasteiger partial charge in [-0.2, -0.15) is 0 Å². The molecule has 0 spiro atoms. The van der Waals surface area contributed by atoms with Crippen LogP contribution in [0.3, 0.4) is 0 Å². The Labute approximate surface area is 117 Å². The highest BCUT2D eigenvalue weighted by atomic mass is 32.1. The monoisotopic (exact) mass is 279 g/mol. The Bertz CT molecular complexity index is 548. The number of aryl methyl sites for hydroxylation is 1. The van der Waals surface area contributed by atoms with Crippen molar-refractivity contribution < 1.29 is 4.74 Å². The topological polar surface area (TPSA) is 38.6 Å². The molecular weight excluding hydrogens is 258 g/mol. The molecule has 104 valence electrons. The molecule has 1 saturated heterocycles. The number of rotatable bonds is 5. The number of imidazole rings is 1. The third kappa shape index (κ3) is 2.55. The molecule has 2 aromatic heterocycles. The Morgan fingerprint density at radius 2 is 2.47 bits per heavy atom. The first kappa shape index (κ1) is 13.1. The van der Waals surface area contributed by atoms with Gasteiger partial charge >= 0.3 is 0 Å². The number of fused-ring (bicyclic) bond motifs is 1. The highest BCUT2D eigenvalue weighted by Gasteiger charge is 2.26. The molecule has 4 nitrogen and oxygen atoms in total. The van der Waals surface area contributed by atoms with Gasteiger partial charge in [0.1, 0.15) is 0 Å². The van der Waals surface area contributed by atoms with Crippen LogP contribution in [0.2, 0.25) is 0 Å². The van der Waals surface area contributed by atoms with Gasteiger partial charge in [-0.25, -0.2) is 4.98 Å². The van der Waals surface area contributed by atoms with Crippen LogP contribution >= 0.6 is 11.3 Å². The number of hydrogen-bond donors (Lipinski definition) is 1. The Morgan fingerprint density at radius 3 is 3.32 bits per heavy atom. The number of aromatic nitrogens is 2. The van der Waals surface area contributed by atoms with Gasteiger partial charge in [-0.05, 0) is 25.7 Å². The lowest BCUT2D eigenvalue weighted by atomic mass is 10.00. The van der Waals surface area contributed by atoms with Crippen LogP contribution < -0.4 is 5.32 Å². The molecule has 5 heteroatoms. The van der Waals surface area contributed by atoms with Gasteiger partial charge in [-0.3, -0.25) is 4.40 Å². The van der Waals surface area contributed by atoms with Crippen LogP contribution in [-0.2, 0) is 11.3 Å². The molecule has 19 heavy (non-hydrogen) atoms. The van der Waals surface area contributed by atoms with Gasteiger partial charge < -0.3 is 10.1 Å². The minimum absolute atomic E-state index is 0.445. The zero-order valence-electron chi connectivity index (χ0n) is 11.6. The van der Waals surface area contributed by atoms with E-state index >= 15 is 0 Å². The van der Waals surface area contributed by atoms with E-state index < -0.39 is 0 Å². The predicted octanol–water partition coefficient (Wildman–Crippen LogP) is 2.61. The molecule has 1 N–H and O–H groups in total. The number of ether oxygens (including phenoxy) is 1. The number of nitrogens with one attached hydrogen (secondary N) is 1. The molecule has 2 unspecified atom stereocenters. The third-order valence-electron chi connectivity index (χ3n) is 4.01. The summed E-state index contributed by atoms with van der Waals surface area (Å²) in [6, 6.07) is 0. The molecule has 3 rings (SSSR count). The normalized spacial score (nSPS) is 23.5. The first-order valence-corrected chi connectivity index (χ1v) is 7.91. The van der Waals surface area contributed by atoms with Crippen LogP contribution in [0.4, 0.5) is 0 Å². The van der Waals surface area contributed by atoms with E-state index in [9.17, 15) is 0 Å². The highest BCUT2D eigenvalue weighted by molar-refractivity contribution is 7.15. The maximum Gasteiger partial charge on any atom is 0.194 e. The van der Waals surface area contributed by atoms with Crippen molar-refractivity contribution in [2.24, 2.45) is 5.92 Å². The largest absolute Gasteiger partial charge is 0.378 e. The van der Waals surface area contributed by atoms with E-state index in [4.69, 9.17) is 4.74 Å². The van der Waals surface area contributed by atoms with Gasteiger partial charge in [0.2, 0.25) is 0 Å². The summed E-state index contributed by atoms with van der Waals surface area (Å²) in [7, 11) is 0. The Balaban J connectivity index is 1.60. The summed E-state index contributed by atoms with van der Waals surface area (Å²) in [4.78, 5) is 5.66. The summed E-state index contributed by atoms with van der Waals surface area (Å²) < 4.78 is 7.92. The second-order valence-corrected chi connectivity index (χ2v) is 6.07. The average Bonchev–Trinajstić information content (AvgIpc) is 3.07. The van der Waals surface area contributed by atoms with Gasteiger partial charge in [-0.1, -0.05) is 6.92 Å². The van der Waals surface area contributed by atoms with Crippen LogP contribution in [0.1, 0.15) is 31.2 Å². The van der Waals surface area contributed by atoms with Crippen molar-refractivity contribution in [2.75, 3.05) is 13.2 Å². The predicted molar refractivity (Wildman–Crippen MR) is 77.7 cm³/mol. The minimum atomic E-state index is 0.445. The fourth-order valence-electron chi connectivity index (χ4n) is 2.91. The average molecular weight is 279 g/mol. The summed E-state index contributed by atoms with van der Waals surface area (Å²) in [6.07, 6.45) is 4.85. The molecule has 0 amide bonds. The van der Waals surface area contributed by atoms with E-state index in [1.54, 1.807) is 11.3 Å². The second-order valence-electron chi connectivity index (χ2n) is 5.20. The lowest BCUT2D eigenvalue weighted by Crippen LogP contribution is -2.28. The van der Waals surface area contributed by atoms with Crippen molar-refractivity contribution in [3.63, 3.8) is 0 Å². The fraction of sp³-hybridized carbons (Fsp3) is 0.643. The van der Waals surface area contributed by atoms with E-state index in [-0.39, 0.29) is 0 Å². The summed E-state index contributed by atoms with van der Waals surface area (Å²) in [5, 5.41) is 5.67. The standard InChI is InChI=1S/C14H21N3OS/c1-3-13-11(4-6-18-13)8-15-9-12-10(2)16-14-17(12)5-7-19-14/h5,7,11,13,15H,3-4,6,8-9H2,1-2H3. The molecule has 0 aliphatic carbocycles. The zero-order chi connectivity index (χ0) is 13.2. The minimum Gasteiger partial charge on any atom is -0.378 e. The first-order chi connectivity index (χ1) is 9.29. The van der Waals surface area contributed by atoms with Gasteiger partial charge in [0.05, 0.1) is 17.5 Å². The molecule has 0 aromatic carbocycles. The maximum atomic E-state index is 5.73. The maximum absolute atomic E-state index is 5.73. The lowest BCUT2D eigenvalue weighted by molar-refractivity contribution is 0.0872. The van der Waals surface area contributed by atoms with Crippen LogP contribution in [0.25, 0.3) is 4.96 Å².